The molecule has 3 heteroatoms. The molecule has 0 saturated carbocycles. The second kappa shape index (κ2) is 5.32. The molecule has 1 amide bonds. The number of nitrogens with one attached hydrogen (secondary N) is 1. The van der Waals surface area contributed by atoms with Gasteiger partial charge in [-0.3, -0.25) is 4.79 Å². The molecule has 1 N–H and O–H groups in total. The van der Waals surface area contributed by atoms with Gasteiger partial charge in [-0.25, -0.2) is 0 Å². The first-order valence-corrected chi connectivity index (χ1v) is 5.28. The second-order valence-corrected chi connectivity index (χ2v) is 3.97. The van der Waals surface area contributed by atoms with Crippen LogP contribution in [-0.2, 0) is 4.79 Å². The summed E-state index contributed by atoms with van der Waals surface area (Å²) in [6.07, 6.45) is -0.0881. The topological polar surface area (TPSA) is 52.9 Å². The molecule has 0 bridgehead atoms. The Bertz CT molecular complexity index is 432. The van der Waals surface area contributed by atoms with Crippen molar-refractivity contribution in [2.45, 2.75) is 33.2 Å². The van der Waals surface area contributed by atoms with E-state index < -0.39 is 0 Å². The number of amides is 1. The Morgan fingerprint density at radius 3 is 2.69 bits per heavy atom. The summed E-state index contributed by atoms with van der Waals surface area (Å²) in [5.74, 6) is -0.228. The van der Waals surface area contributed by atoms with Crippen molar-refractivity contribution in [3.63, 3.8) is 0 Å². The molecule has 0 spiro atoms. The molecule has 0 heterocycles. The summed E-state index contributed by atoms with van der Waals surface area (Å²) < 4.78 is 0. The SMILES string of the molecule is Cc1ccc([C@H](C)NC(=O)CC#N)cc1C. The molecule has 0 fully saturated rings. The van der Waals surface area contributed by atoms with Gasteiger partial charge in [-0.2, -0.15) is 5.26 Å². The van der Waals surface area contributed by atoms with Gasteiger partial charge in [0.05, 0.1) is 12.1 Å². The quantitative estimate of drug-likeness (QED) is 0.843. The highest BCUT2D eigenvalue weighted by Crippen LogP contribution is 2.16. The van der Waals surface area contributed by atoms with Crippen molar-refractivity contribution in [1.29, 1.82) is 5.26 Å². The van der Waals surface area contributed by atoms with Gasteiger partial charge < -0.3 is 5.32 Å². The molecule has 0 radical (unpaired) electrons. The lowest BCUT2D eigenvalue weighted by Crippen LogP contribution is -2.25. The van der Waals surface area contributed by atoms with Crippen LogP contribution in [0.3, 0.4) is 0 Å². The van der Waals surface area contributed by atoms with Crippen molar-refractivity contribution < 1.29 is 4.79 Å². The molecule has 1 atom stereocenters. The lowest BCUT2D eigenvalue weighted by atomic mass is 10.0. The van der Waals surface area contributed by atoms with Crippen LogP contribution in [0.15, 0.2) is 18.2 Å². The number of benzene rings is 1. The van der Waals surface area contributed by atoms with Crippen LogP contribution < -0.4 is 5.32 Å². The third kappa shape index (κ3) is 3.09. The zero-order valence-electron chi connectivity index (χ0n) is 9.87. The summed E-state index contributed by atoms with van der Waals surface area (Å²) in [6.45, 7) is 6.01. The Morgan fingerprint density at radius 1 is 1.44 bits per heavy atom. The van der Waals surface area contributed by atoms with Gasteiger partial charge in [-0.05, 0) is 37.5 Å². The van der Waals surface area contributed by atoms with E-state index in [1.165, 1.54) is 11.1 Å². The van der Waals surface area contributed by atoms with Crippen LogP contribution in [0.4, 0.5) is 0 Å². The maximum atomic E-state index is 11.2. The summed E-state index contributed by atoms with van der Waals surface area (Å²) in [7, 11) is 0. The van der Waals surface area contributed by atoms with Gasteiger partial charge >= 0.3 is 0 Å². The van der Waals surface area contributed by atoms with E-state index in [1.54, 1.807) is 0 Å². The first-order chi connectivity index (χ1) is 7.54. The number of nitriles is 1. The largest absolute Gasteiger partial charge is 0.349 e. The molecular weight excluding hydrogens is 200 g/mol. The number of aryl methyl sites for hydroxylation is 2. The van der Waals surface area contributed by atoms with E-state index in [2.05, 4.69) is 18.3 Å². The van der Waals surface area contributed by atoms with Gasteiger partial charge in [0.1, 0.15) is 6.42 Å². The van der Waals surface area contributed by atoms with Gasteiger partial charge in [0.25, 0.3) is 0 Å². The minimum atomic E-state index is -0.228. The second-order valence-electron chi connectivity index (χ2n) is 3.97. The molecule has 0 aliphatic carbocycles. The van der Waals surface area contributed by atoms with E-state index in [0.29, 0.717) is 0 Å². The van der Waals surface area contributed by atoms with Crippen LogP contribution in [0, 0.1) is 25.2 Å². The van der Waals surface area contributed by atoms with Crippen LogP contribution >= 0.6 is 0 Å². The zero-order valence-corrected chi connectivity index (χ0v) is 9.87. The molecule has 0 saturated heterocycles. The van der Waals surface area contributed by atoms with Crippen LogP contribution in [0.1, 0.15) is 36.1 Å². The predicted molar refractivity (Wildman–Crippen MR) is 62.7 cm³/mol. The summed E-state index contributed by atoms with van der Waals surface area (Å²) in [4.78, 5) is 11.2. The highest BCUT2D eigenvalue weighted by Gasteiger charge is 2.09. The Labute approximate surface area is 96.1 Å². The molecule has 1 aromatic carbocycles. The third-order valence-corrected chi connectivity index (χ3v) is 2.65. The summed E-state index contributed by atoms with van der Waals surface area (Å²) >= 11 is 0. The molecule has 16 heavy (non-hydrogen) atoms. The first-order valence-electron chi connectivity index (χ1n) is 5.28. The van der Waals surface area contributed by atoms with Gasteiger partial charge in [0, 0.05) is 0 Å². The first kappa shape index (κ1) is 12.3. The van der Waals surface area contributed by atoms with Crippen molar-refractivity contribution in [3.05, 3.63) is 34.9 Å². The highest BCUT2D eigenvalue weighted by molar-refractivity contribution is 5.78. The molecule has 0 aromatic heterocycles. The fourth-order valence-corrected chi connectivity index (χ4v) is 1.48. The fourth-order valence-electron chi connectivity index (χ4n) is 1.48. The molecule has 0 aliphatic rings. The lowest BCUT2D eigenvalue weighted by Gasteiger charge is -2.14. The van der Waals surface area contributed by atoms with Crippen LogP contribution in [0.5, 0.6) is 0 Å². The van der Waals surface area contributed by atoms with Crippen molar-refractivity contribution in [2.24, 2.45) is 0 Å². The van der Waals surface area contributed by atoms with E-state index in [1.807, 2.05) is 32.0 Å². The maximum absolute atomic E-state index is 11.2. The van der Waals surface area contributed by atoms with Crippen molar-refractivity contribution in [1.82, 2.24) is 5.32 Å². The van der Waals surface area contributed by atoms with Gasteiger partial charge in [0.15, 0.2) is 0 Å². The fraction of sp³-hybridized carbons (Fsp3) is 0.385. The smallest absolute Gasteiger partial charge is 0.234 e. The number of carbonyl (C=O) groups is 1. The Balaban J connectivity index is 2.74. The van der Waals surface area contributed by atoms with Gasteiger partial charge in [0.2, 0.25) is 5.91 Å². The van der Waals surface area contributed by atoms with Crippen molar-refractivity contribution >= 4 is 5.91 Å². The standard InChI is InChI=1S/C13H16N2O/c1-9-4-5-12(8-10(9)2)11(3)15-13(16)6-7-14/h4-5,8,11H,6H2,1-3H3,(H,15,16)/t11-/m0/s1. The monoisotopic (exact) mass is 216 g/mol. The highest BCUT2D eigenvalue weighted by atomic mass is 16.1. The molecular formula is C13H16N2O. The summed E-state index contributed by atoms with van der Waals surface area (Å²) in [5.41, 5.74) is 3.51. The zero-order chi connectivity index (χ0) is 12.1. The van der Waals surface area contributed by atoms with E-state index in [9.17, 15) is 4.79 Å². The molecule has 0 aliphatic heterocycles. The molecule has 0 unspecified atom stereocenters. The predicted octanol–water partition coefficient (Wildman–Crippen LogP) is 2.39. The number of hydrogen-bond acceptors (Lipinski definition) is 2. The minimum absolute atomic E-state index is 0.0554. The van der Waals surface area contributed by atoms with E-state index in [0.717, 1.165) is 5.56 Å². The normalized spacial score (nSPS) is 11.6. The number of rotatable bonds is 3. The molecule has 1 rings (SSSR count). The average molecular weight is 216 g/mol. The number of hydrogen-bond donors (Lipinski definition) is 1. The summed E-state index contributed by atoms with van der Waals surface area (Å²) in [6, 6.07) is 7.88. The van der Waals surface area contributed by atoms with Crippen LogP contribution in [-0.4, -0.2) is 5.91 Å². The number of carbonyl (C=O) groups excluding carboxylic acids is 1. The van der Waals surface area contributed by atoms with Crippen LogP contribution in [0.2, 0.25) is 0 Å². The molecule has 1 aromatic rings. The molecule has 84 valence electrons. The van der Waals surface area contributed by atoms with Crippen LogP contribution in [0.25, 0.3) is 0 Å². The van der Waals surface area contributed by atoms with Crippen molar-refractivity contribution in [2.75, 3.05) is 0 Å². The summed E-state index contributed by atoms with van der Waals surface area (Å²) in [5, 5.41) is 11.2. The maximum Gasteiger partial charge on any atom is 0.234 e. The molecule has 3 nitrogen and oxygen atoms in total. The van der Waals surface area contributed by atoms with E-state index >= 15 is 0 Å². The Kier molecular flexibility index (Phi) is 4.07. The lowest BCUT2D eigenvalue weighted by molar-refractivity contribution is -0.120. The third-order valence-electron chi connectivity index (χ3n) is 2.65. The average Bonchev–Trinajstić information content (AvgIpc) is 2.22. The Hall–Kier alpha value is -1.82. The van der Waals surface area contributed by atoms with Gasteiger partial charge in [-0.15, -0.1) is 0 Å². The Morgan fingerprint density at radius 2 is 2.12 bits per heavy atom. The minimum Gasteiger partial charge on any atom is -0.349 e. The number of nitrogens with zero attached hydrogens (tertiary/aromatic N) is 1. The van der Waals surface area contributed by atoms with Crippen molar-refractivity contribution in [3.8, 4) is 6.07 Å². The van der Waals surface area contributed by atoms with E-state index in [4.69, 9.17) is 5.26 Å². The van der Waals surface area contributed by atoms with E-state index in [-0.39, 0.29) is 18.4 Å². The van der Waals surface area contributed by atoms with Gasteiger partial charge in [-0.1, -0.05) is 18.2 Å².